The molecule has 3 rings (SSSR count). The van der Waals surface area contributed by atoms with Crippen molar-refractivity contribution in [3.63, 3.8) is 0 Å². The molecule has 0 bridgehead atoms. The Kier molecular flexibility index (Phi) is 7.40. The first kappa shape index (κ1) is 19.2. The molecule has 0 N–H and O–H groups in total. The predicted octanol–water partition coefficient (Wildman–Crippen LogP) is 5.70. The Hall–Kier alpha value is 0.120. The molecule has 0 amide bonds. The van der Waals surface area contributed by atoms with E-state index in [1.165, 1.54) is 12.0 Å². The fraction of sp³-hybridized carbons (Fsp3) is 0.294. The molecule has 1 aromatic rings. The van der Waals surface area contributed by atoms with Gasteiger partial charge in [-0.3, -0.25) is 0 Å². The van der Waals surface area contributed by atoms with E-state index in [1.807, 2.05) is 3.28 Å². The van der Waals surface area contributed by atoms with Crippen LogP contribution in [0.4, 0.5) is 0 Å². The number of hydrogen-bond acceptors (Lipinski definition) is 0. The summed E-state index contributed by atoms with van der Waals surface area (Å²) in [6.07, 6.45) is 10.9. The Labute approximate surface area is 148 Å². The molecule has 1 unspecified atom stereocenters. The van der Waals surface area contributed by atoms with Gasteiger partial charge in [0.1, 0.15) is 0 Å². The van der Waals surface area contributed by atoms with Crippen molar-refractivity contribution in [3.8, 4) is 0 Å². The van der Waals surface area contributed by atoms with Crippen molar-refractivity contribution in [3.05, 3.63) is 62.5 Å². The maximum Gasteiger partial charge on any atom is -0.147 e. The number of halogens is 2. The molecule has 0 saturated heterocycles. The van der Waals surface area contributed by atoms with Crippen molar-refractivity contribution in [1.29, 1.82) is 0 Å². The molecule has 4 heteroatoms. The third-order valence-electron chi connectivity index (χ3n) is 4.14. The summed E-state index contributed by atoms with van der Waals surface area (Å²) in [6, 6.07) is 9.02. The first-order valence-electron chi connectivity index (χ1n) is 6.99. The quantitative estimate of drug-likeness (QED) is 0.543. The van der Waals surface area contributed by atoms with Crippen LogP contribution in [0, 0.1) is 0 Å². The van der Waals surface area contributed by atoms with Crippen LogP contribution in [0.5, 0.6) is 0 Å². The van der Waals surface area contributed by atoms with E-state index in [4.69, 9.17) is 0 Å². The molecule has 0 radical (unpaired) electrons. The van der Waals surface area contributed by atoms with Crippen LogP contribution in [0.3, 0.4) is 0 Å². The molecule has 2 aliphatic carbocycles. The van der Waals surface area contributed by atoms with Crippen molar-refractivity contribution in [2.75, 3.05) is 0 Å². The van der Waals surface area contributed by atoms with Gasteiger partial charge in [-0.1, -0.05) is 0 Å². The molecular formula is C17H22Cl2SiZr. The Balaban J connectivity index is 0.00000110. The number of hydrogen-bond donors (Lipinski definition) is 0. The van der Waals surface area contributed by atoms with Crippen LogP contribution in [-0.4, -0.2) is 5.43 Å². The van der Waals surface area contributed by atoms with E-state index in [-0.39, 0.29) is 30.2 Å². The summed E-state index contributed by atoms with van der Waals surface area (Å²) in [5.41, 5.74) is 4.52. The topological polar surface area (TPSA) is 0 Å². The summed E-state index contributed by atoms with van der Waals surface area (Å²) in [5.74, 6) is 0. The Morgan fingerprint density at radius 1 is 1.10 bits per heavy atom. The normalized spacial score (nSPS) is 18.1. The SMILES string of the molecule is CC1=[C]([Zr]([CH]2C=Cc3ccccc32)=[Si](C)C)CC=C1.Cl.Cl. The zero-order chi connectivity index (χ0) is 13.4. The second-order valence-corrected chi connectivity index (χ2v) is 23.3. The predicted molar refractivity (Wildman–Crippen MR) is 96.7 cm³/mol. The van der Waals surface area contributed by atoms with Crippen molar-refractivity contribution >= 4 is 36.3 Å². The molecule has 112 valence electrons. The minimum absolute atomic E-state index is 0. The summed E-state index contributed by atoms with van der Waals surface area (Å²) in [6.45, 7) is 7.42. The second-order valence-electron chi connectivity index (χ2n) is 5.65. The van der Waals surface area contributed by atoms with E-state index in [1.54, 1.807) is 11.1 Å². The molecule has 0 aromatic heterocycles. The molecule has 0 spiro atoms. The first-order chi connectivity index (χ1) is 9.18. The van der Waals surface area contributed by atoms with E-state index < -0.39 is 20.4 Å². The van der Waals surface area contributed by atoms with Crippen LogP contribution in [-0.2, 0) is 20.4 Å². The number of benzene rings is 1. The molecular weight excluding hydrogens is 394 g/mol. The third-order valence-corrected chi connectivity index (χ3v) is 22.6. The molecule has 21 heavy (non-hydrogen) atoms. The minimum atomic E-state index is -1.54. The maximum absolute atomic E-state index is 2.55. The van der Waals surface area contributed by atoms with E-state index in [0.717, 1.165) is 3.63 Å². The Morgan fingerprint density at radius 2 is 1.81 bits per heavy atom. The van der Waals surface area contributed by atoms with Gasteiger partial charge in [-0.25, -0.2) is 0 Å². The maximum atomic E-state index is 2.55. The summed E-state index contributed by atoms with van der Waals surface area (Å²) < 4.78 is 2.68. The number of fused-ring (bicyclic) bond motifs is 1. The molecule has 1 atom stereocenters. The van der Waals surface area contributed by atoms with Gasteiger partial charge >= 0.3 is 124 Å². The molecule has 0 saturated carbocycles. The standard InChI is InChI=1S/C9H7.C6H7.C2H6Si.2ClH.Zr/c1-2-5-9-7-3-6-8(9)4-1;1-6-4-2-3-5-6;1-3-2;;;/h1-7H;2,4H,3H2,1H3;1-2H3;2*1H;. The first-order valence-corrected chi connectivity index (χ1v) is 15.8. The average molecular weight is 417 g/mol. The van der Waals surface area contributed by atoms with Gasteiger partial charge in [-0.2, -0.15) is 0 Å². The fourth-order valence-electron chi connectivity index (χ4n) is 3.24. The van der Waals surface area contributed by atoms with Crippen LogP contribution >= 0.6 is 24.8 Å². The van der Waals surface area contributed by atoms with Crippen LogP contribution in [0.2, 0.25) is 13.1 Å². The van der Waals surface area contributed by atoms with Gasteiger partial charge in [0.2, 0.25) is 0 Å². The largest absolute Gasteiger partial charge is 0.147 e. The van der Waals surface area contributed by atoms with Crippen molar-refractivity contribution in [2.24, 2.45) is 0 Å². The molecule has 0 aliphatic heterocycles. The van der Waals surface area contributed by atoms with Gasteiger partial charge in [-0.15, -0.1) is 24.8 Å². The summed E-state index contributed by atoms with van der Waals surface area (Å²) in [4.78, 5) is 0. The van der Waals surface area contributed by atoms with Gasteiger partial charge in [0.25, 0.3) is 0 Å². The van der Waals surface area contributed by atoms with Crippen LogP contribution in [0.25, 0.3) is 6.08 Å². The minimum Gasteiger partial charge on any atom is -0.147 e. The molecule has 0 fully saturated rings. The third kappa shape index (κ3) is 3.72. The van der Waals surface area contributed by atoms with Gasteiger partial charge in [-0.05, 0) is 0 Å². The zero-order valence-corrected chi connectivity index (χ0v) is 17.8. The van der Waals surface area contributed by atoms with Crippen molar-refractivity contribution < 1.29 is 20.4 Å². The second kappa shape index (κ2) is 8.11. The van der Waals surface area contributed by atoms with Gasteiger partial charge in [0.15, 0.2) is 0 Å². The van der Waals surface area contributed by atoms with E-state index in [0.29, 0.717) is 0 Å². The van der Waals surface area contributed by atoms with Gasteiger partial charge in [0, 0.05) is 0 Å². The number of rotatable bonds is 2. The van der Waals surface area contributed by atoms with Crippen LogP contribution in [0.15, 0.2) is 51.3 Å². The van der Waals surface area contributed by atoms with E-state index >= 15 is 0 Å². The summed E-state index contributed by atoms with van der Waals surface area (Å²) >= 11 is -1.54. The Morgan fingerprint density at radius 3 is 2.43 bits per heavy atom. The smallest absolute Gasteiger partial charge is 0.147 e. The van der Waals surface area contributed by atoms with Crippen molar-refractivity contribution in [2.45, 2.75) is 30.1 Å². The van der Waals surface area contributed by atoms with Crippen molar-refractivity contribution in [1.82, 2.24) is 0 Å². The molecule has 0 nitrogen and oxygen atoms in total. The summed E-state index contributed by atoms with van der Waals surface area (Å²) in [5, 5.41) is 0. The monoisotopic (exact) mass is 414 g/mol. The zero-order valence-electron chi connectivity index (χ0n) is 12.7. The number of allylic oxidation sites excluding steroid dienone is 5. The van der Waals surface area contributed by atoms with E-state index in [2.05, 4.69) is 68.6 Å². The molecule has 2 aliphatic rings. The van der Waals surface area contributed by atoms with Gasteiger partial charge < -0.3 is 0 Å². The molecule has 0 heterocycles. The average Bonchev–Trinajstić information content (AvgIpc) is 2.98. The van der Waals surface area contributed by atoms with Crippen LogP contribution in [0.1, 0.15) is 28.1 Å². The van der Waals surface area contributed by atoms with Crippen LogP contribution < -0.4 is 0 Å². The molecule has 1 aromatic carbocycles. The Bertz CT molecular complexity index is 653. The fourth-order valence-corrected chi connectivity index (χ4v) is 21.9. The van der Waals surface area contributed by atoms with E-state index in [9.17, 15) is 0 Å². The van der Waals surface area contributed by atoms with Gasteiger partial charge in [0.05, 0.1) is 0 Å². The summed E-state index contributed by atoms with van der Waals surface area (Å²) in [7, 11) is 0.